The van der Waals surface area contributed by atoms with Gasteiger partial charge < -0.3 is 10.8 Å². The van der Waals surface area contributed by atoms with E-state index in [9.17, 15) is 18.0 Å². The van der Waals surface area contributed by atoms with Crippen molar-refractivity contribution in [2.75, 3.05) is 22.4 Å². The van der Waals surface area contributed by atoms with Gasteiger partial charge in [-0.05, 0) is 60.6 Å². The fourth-order valence-electron chi connectivity index (χ4n) is 2.80. The third-order valence-corrected chi connectivity index (χ3v) is 7.55. The summed E-state index contributed by atoms with van der Waals surface area (Å²) < 4.78 is 27.9. The van der Waals surface area contributed by atoms with Crippen molar-refractivity contribution in [3.63, 3.8) is 0 Å². The largest absolute Gasteiger partial charge is 0.481 e. The Morgan fingerprint density at radius 3 is 2.23 bits per heavy atom. The number of aryl methyl sites for hydroxylation is 1. The summed E-state index contributed by atoms with van der Waals surface area (Å²) in [6, 6.07) is 12.8. The Bertz CT molecular complexity index is 980. The van der Waals surface area contributed by atoms with E-state index in [4.69, 9.17) is 22.4 Å². The minimum atomic E-state index is -3.82. The number of nitrogens with zero attached hydrogens (tertiary/aromatic N) is 1. The number of benzene rings is 2. The minimum absolute atomic E-state index is 0.00801. The van der Waals surface area contributed by atoms with Crippen LogP contribution in [0.4, 0.5) is 5.69 Å². The van der Waals surface area contributed by atoms with E-state index >= 15 is 0 Å². The van der Waals surface area contributed by atoms with E-state index in [-0.39, 0.29) is 23.8 Å². The molecule has 0 bridgehead atoms. The maximum Gasteiger partial charge on any atom is 0.303 e. The van der Waals surface area contributed by atoms with Crippen LogP contribution in [-0.4, -0.2) is 43.5 Å². The van der Waals surface area contributed by atoms with Crippen LogP contribution in [0.15, 0.2) is 53.4 Å². The molecule has 0 radical (unpaired) electrons. The van der Waals surface area contributed by atoms with E-state index in [0.717, 1.165) is 5.56 Å². The van der Waals surface area contributed by atoms with Gasteiger partial charge in [-0.2, -0.15) is 11.8 Å². The Hall–Kier alpha value is -2.23. The van der Waals surface area contributed by atoms with Gasteiger partial charge >= 0.3 is 5.97 Å². The van der Waals surface area contributed by atoms with Crippen molar-refractivity contribution >= 4 is 50.9 Å². The lowest BCUT2D eigenvalue weighted by atomic mass is 10.1. The molecule has 10 heteroatoms. The molecule has 31 heavy (non-hydrogen) atoms. The predicted molar refractivity (Wildman–Crippen MR) is 124 cm³/mol. The van der Waals surface area contributed by atoms with Crippen LogP contribution in [0.3, 0.4) is 0 Å². The first-order chi connectivity index (χ1) is 14.7. The monoisotopic (exact) mass is 484 g/mol. The van der Waals surface area contributed by atoms with Gasteiger partial charge in [-0.3, -0.25) is 13.9 Å². The van der Waals surface area contributed by atoms with E-state index in [1.54, 1.807) is 36.0 Å². The number of amides is 1. The van der Waals surface area contributed by atoms with Crippen LogP contribution in [0.25, 0.3) is 0 Å². The van der Waals surface area contributed by atoms with Crippen LogP contribution in [0.1, 0.15) is 24.8 Å². The summed E-state index contributed by atoms with van der Waals surface area (Å²) in [4.78, 5) is 21.7. The number of nitrogens with two attached hydrogens (primary N) is 1. The number of hydrogen-bond donors (Lipinski definition) is 2. The molecule has 168 valence electrons. The third-order valence-electron chi connectivity index (χ3n) is 4.40. The van der Waals surface area contributed by atoms with Gasteiger partial charge in [0.1, 0.15) is 0 Å². The zero-order valence-corrected chi connectivity index (χ0v) is 19.3. The van der Waals surface area contributed by atoms with Gasteiger partial charge in [0.15, 0.2) is 0 Å². The number of carbonyl (C=O) groups is 2. The molecule has 0 fully saturated rings. The Balaban J connectivity index is 2.18. The molecule has 0 aliphatic carbocycles. The quantitative estimate of drug-likeness (QED) is 0.420. The Labute approximate surface area is 191 Å². The molecule has 0 atom stereocenters. The molecule has 3 N–H and O–H groups in total. The summed E-state index contributed by atoms with van der Waals surface area (Å²) >= 11 is 7.44. The highest BCUT2D eigenvalue weighted by molar-refractivity contribution is 7.99. The number of carbonyl (C=O) groups excluding carboxylic acids is 1. The van der Waals surface area contributed by atoms with Crippen molar-refractivity contribution in [2.24, 2.45) is 5.73 Å². The molecular weight excluding hydrogens is 460 g/mol. The molecule has 0 aliphatic rings. The number of hydrogen-bond acceptors (Lipinski definition) is 5. The Kier molecular flexibility index (Phi) is 9.67. The Morgan fingerprint density at radius 2 is 1.65 bits per heavy atom. The second-order valence-corrected chi connectivity index (χ2v) is 10.3. The van der Waals surface area contributed by atoms with Gasteiger partial charge in [0.2, 0.25) is 5.91 Å². The van der Waals surface area contributed by atoms with Crippen molar-refractivity contribution in [2.45, 2.75) is 30.6 Å². The number of halogens is 1. The number of anilines is 1. The van der Waals surface area contributed by atoms with Gasteiger partial charge in [-0.1, -0.05) is 23.7 Å². The predicted octanol–water partition coefficient (Wildman–Crippen LogP) is 3.55. The van der Waals surface area contributed by atoms with Crippen LogP contribution in [-0.2, 0) is 26.0 Å². The van der Waals surface area contributed by atoms with E-state index in [2.05, 4.69) is 0 Å². The van der Waals surface area contributed by atoms with Crippen molar-refractivity contribution < 1.29 is 23.1 Å². The van der Waals surface area contributed by atoms with E-state index in [0.29, 0.717) is 41.5 Å². The standard InChI is InChI=1S/C21H25ClN2O5S2/c22-17-6-10-19(11-7-17)31(28,29)24(13-15-30-14-1-2-20(23)25)18-8-3-16(4-9-18)5-12-21(26)27/h3-4,6-11H,1-2,5,12-15H2,(H2,23,25)(H,26,27). The minimum Gasteiger partial charge on any atom is -0.481 e. The summed E-state index contributed by atoms with van der Waals surface area (Å²) in [6.45, 7) is 0.237. The second kappa shape index (κ2) is 12.0. The molecule has 0 aromatic heterocycles. The zero-order chi connectivity index (χ0) is 22.9. The fourth-order valence-corrected chi connectivity index (χ4v) is 5.37. The number of aliphatic carboxylic acids is 1. The number of carboxylic acid groups (broad SMARTS) is 1. The van der Waals surface area contributed by atoms with E-state index in [1.807, 2.05) is 0 Å². The van der Waals surface area contributed by atoms with E-state index < -0.39 is 16.0 Å². The molecule has 0 heterocycles. The summed E-state index contributed by atoms with van der Waals surface area (Å²) in [5.41, 5.74) is 6.44. The molecule has 2 rings (SSSR count). The van der Waals surface area contributed by atoms with Crippen LogP contribution >= 0.6 is 23.4 Å². The average molecular weight is 485 g/mol. The number of thioether (sulfide) groups is 1. The average Bonchev–Trinajstić information content (AvgIpc) is 2.72. The highest BCUT2D eigenvalue weighted by Gasteiger charge is 2.24. The SMILES string of the molecule is NC(=O)CCCSCCN(c1ccc(CCC(=O)O)cc1)S(=O)(=O)c1ccc(Cl)cc1. The maximum atomic E-state index is 13.3. The first-order valence-electron chi connectivity index (χ1n) is 9.65. The van der Waals surface area contributed by atoms with Crippen LogP contribution in [0, 0.1) is 0 Å². The smallest absolute Gasteiger partial charge is 0.303 e. The van der Waals surface area contributed by atoms with Gasteiger partial charge in [-0.15, -0.1) is 0 Å². The zero-order valence-electron chi connectivity index (χ0n) is 16.9. The summed E-state index contributed by atoms with van der Waals surface area (Å²) in [6.07, 6.45) is 1.32. The highest BCUT2D eigenvalue weighted by Crippen LogP contribution is 2.26. The lowest BCUT2D eigenvalue weighted by Gasteiger charge is -2.25. The number of rotatable bonds is 13. The lowest BCUT2D eigenvalue weighted by molar-refractivity contribution is -0.137. The normalized spacial score (nSPS) is 11.3. The molecule has 1 amide bonds. The first kappa shape index (κ1) is 25.0. The number of sulfonamides is 1. The van der Waals surface area contributed by atoms with Crippen molar-refractivity contribution in [1.29, 1.82) is 0 Å². The first-order valence-corrected chi connectivity index (χ1v) is 12.6. The van der Waals surface area contributed by atoms with Crippen LogP contribution in [0.5, 0.6) is 0 Å². The fraction of sp³-hybridized carbons (Fsp3) is 0.333. The van der Waals surface area contributed by atoms with Gasteiger partial charge in [-0.25, -0.2) is 8.42 Å². The maximum absolute atomic E-state index is 13.3. The number of primary amides is 1. The molecule has 0 spiro atoms. The van der Waals surface area contributed by atoms with Crippen molar-refractivity contribution in [1.82, 2.24) is 0 Å². The molecule has 0 saturated carbocycles. The molecule has 0 saturated heterocycles. The molecule has 0 unspecified atom stereocenters. The molecule has 2 aromatic rings. The van der Waals surface area contributed by atoms with Gasteiger partial charge in [0, 0.05) is 30.2 Å². The van der Waals surface area contributed by atoms with Gasteiger partial charge in [0.05, 0.1) is 10.6 Å². The van der Waals surface area contributed by atoms with E-state index in [1.165, 1.54) is 28.6 Å². The summed E-state index contributed by atoms with van der Waals surface area (Å²) in [7, 11) is -3.82. The molecular formula is C21H25ClN2O5S2. The van der Waals surface area contributed by atoms with Crippen LogP contribution < -0.4 is 10.0 Å². The van der Waals surface area contributed by atoms with Gasteiger partial charge in [0.25, 0.3) is 10.0 Å². The lowest BCUT2D eigenvalue weighted by Crippen LogP contribution is -2.33. The topological polar surface area (TPSA) is 118 Å². The molecule has 2 aromatic carbocycles. The van der Waals surface area contributed by atoms with Crippen molar-refractivity contribution in [3.8, 4) is 0 Å². The van der Waals surface area contributed by atoms with Crippen LogP contribution in [0.2, 0.25) is 5.02 Å². The Morgan fingerprint density at radius 1 is 1.00 bits per heavy atom. The summed E-state index contributed by atoms with van der Waals surface area (Å²) in [5, 5.41) is 9.28. The third kappa shape index (κ3) is 8.08. The summed E-state index contributed by atoms with van der Waals surface area (Å²) in [5.74, 6) is -0.00182. The molecule has 0 aliphatic heterocycles. The highest BCUT2D eigenvalue weighted by atomic mass is 35.5. The number of carboxylic acids is 1. The molecule has 7 nitrogen and oxygen atoms in total. The second-order valence-electron chi connectivity index (χ2n) is 6.77. The van der Waals surface area contributed by atoms with Crippen molar-refractivity contribution in [3.05, 3.63) is 59.1 Å².